The molecule has 2 N–H and O–H groups in total. The highest BCUT2D eigenvalue weighted by atomic mass is 32.1. The monoisotopic (exact) mass is 345 g/mol. The molecule has 0 radical (unpaired) electrons. The molecule has 2 aliphatic rings. The van der Waals surface area contributed by atoms with Gasteiger partial charge in [-0.1, -0.05) is 6.07 Å². The third kappa shape index (κ3) is 2.71. The van der Waals surface area contributed by atoms with Crippen molar-refractivity contribution in [1.29, 1.82) is 0 Å². The molecule has 0 unspecified atom stereocenters. The highest BCUT2D eigenvalue weighted by Gasteiger charge is 2.34. The fourth-order valence-corrected chi connectivity index (χ4v) is 3.98. The number of H-pyrrole nitrogens is 1. The smallest absolute Gasteiger partial charge is 0.264 e. The largest absolute Gasteiger partial charge is 0.348 e. The van der Waals surface area contributed by atoms with Crippen molar-refractivity contribution >= 4 is 23.2 Å². The van der Waals surface area contributed by atoms with Crippen molar-refractivity contribution in [1.82, 2.24) is 25.1 Å². The van der Waals surface area contributed by atoms with Crippen LogP contribution in [0.1, 0.15) is 27.1 Å². The van der Waals surface area contributed by atoms with Crippen LogP contribution in [0.4, 0.5) is 0 Å². The van der Waals surface area contributed by atoms with Gasteiger partial charge in [-0.05, 0) is 11.4 Å². The fourth-order valence-electron chi connectivity index (χ4n) is 3.29. The van der Waals surface area contributed by atoms with Gasteiger partial charge >= 0.3 is 0 Å². The van der Waals surface area contributed by atoms with Gasteiger partial charge in [-0.25, -0.2) is 4.98 Å². The number of carbonyl (C=O) groups excluding carboxylic acids is 2. The zero-order chi connectivity index (χ0) is 16.5. The van der Waals surface area contributed by atoms with Crippen LogP contribution in [-0.4, -0.2) is 64.3 Å². The lowest BCUT2D eigenvalue weighted by Gasteiger charge is -2.36. The summed E-state index contributed by atoms with van der Waals surface area (Å²) in [5, 5.41) is 5.17. The molecule has 7 nitrogen and oxygen atoms in total. The molecule has 1 saturated heterocycles. The number of hydrogen-bond donors (Lipinski definition) is 2. The number of aromatic amines is 1. The molecule has 0 bridgehead atoms. The van der Waals surface area contributed by atoms with Crippen molar-refractivity contribution < 1.29 is 9.59 Å². The molecular weight excluding hydrogens is 326 g/mol. The molecule has 8 heteroatoms. The van der Waals surface area contributed by atoms with Crippen LogP contribution in [0.3, 0.4) is 0 Å². The summed E-state index contributed by atoms with van der Waals surface area (Å²) in [6.45, 7) is 3.04. The molecule has 2 aromatic heterocycles. The molecule has 1 fully saturated rings. The predicted molar refractivity (Wildman–Crippen MR) is 89.8 cm³/mol. The van der Waals surface area contributed by atoms with Crippen molar-refractivity contribution in [3.8, 4) is 0 Å². The van der Waals surface area contributed by atoms with E-state index in [1.807, 2.05) is 27.3 Å². The molecule has 4 rings (SSSR count). The Morgan fingerprint density at radius 2 is 2.00 bits per heavy atom. The van der Waals surface area contributed by atoms with Crippen LogP contribution in [-0.2, 0) is 11.2 Å². The zero-order valence-corrected chi connectivity index (χ0v) is 14.0. The van der Waals surface area contributed by atoms with E-state index in [1.165, 1.54) is 11.3 Å². The number of amides is 2. The number of thiophene rings is 1. The van der Waals surface area contributed by atoms with Gasteiger partial charge in [0.2, 0.25) is 5.91 Å². The maximum atomic E-state index is 12.8. The van der Waals surface area contributed by atoms with Crippen molar-refractivity contribution in [2.24, 2.45) is 0 Å². The number of nitrogens with zero attached hydrogens (tertiary/aromatic N) is 3. The Morgan fingerprint density at radius 3 is 2.75 bits per heavy atom. The van der Waals surface area contributed by atoms with E-state index in [-0.39, 0.29) is 17.9 Å². The quantitative estimate of drug-likeness (QED) is 0.837. The van der Waals surface area contributed by atoms with Crippen LogP contribution in [0.15, 0.2) is 23.8 Å². The highest BCUT2D eigenvalue weighted by molar-refractivity contribution is 7.12. The normalized spacial score (nSPS) is 20.8. The third-order valence-corrected chi connectivity index (χ3v) is 5.46. The number of nitrogens with one attached hydrogen (secondary N) is 2. The van der Waals surface area contributed by atoms with Gasteiger partial charge in [0.15, 0.2) is 0 Å². The number of aromatic nitrogens is 2. The first-order valence-electron chi connectivity index (χ1n) is 8.11. The molecule has 0 saturated carbocycles. The summed E-state index contributed by atoms with van der Waals surface area (Å²) in [6.07, 6.45) is 2.51. The van der Waals surface area contributed by atoms with Gasteiger partial charge in [0, 0.05) is 44.8 Å². The van der Waals surface area contributed by atoms with Crippen LogP contribution in [0.2, 0.25) is 0 Å². The topological polar surface area (TPSA) is 81.3 Å². The van der Waals surface area contributed by atoms with Gasteiger partial charge in [0.05, 0.1) is 16.9 Å². The summed E-state index contributed by atoms with van der Waals surface area (Å²) in [4.78, 5) is 37.0. The molecule has 126 valence electrons. The Labute approximate surface area is 143 Å². The second kappa shape index (κ2) is 6.37. The summed E-state index contributed by atoms with van der Waals surface area (Å²) in [5.41, 5.74) is 1.85. The number of imidazole rings is 1. The predicted octanol–water partition coefficient (Wildman–Crippen LogP) is 0.643. The van der Waals surface area contributed by atoms with Gasteiger partial charge in [-0.15, -0.1) is 11.3 Å². The van der Waals surface area contributed by atoms with Crippen LogP contribution < -0.4 is 5.32 Å². The standard InChI is InChI=1S/C16H19N5O2S/c22-15(12-2-1-9-24-12)20-5-7-21(8-6-20)16(23)14-13-11(3-4-17-14)18-10-19-13/h1-2,9-10,14,17H,3-8H2,(H,18,19)/t14-/m1/s1. The van der Waals surface area contributed by atoms with Gasteiger partial charge in [0.1, 0.15) is 6.04 Å². The van der Waals surface area contributed by atoms with Crippen molar-refractivity contribution in [2.75, 3.05) is 32.7 Å². The van der Waals surface area contributed by atoms with Crippen molar-refractivity contribution in [3.05, 3.63) is 40.1 Å². The summed E-state index contributed by atoms with van der Waals surface area (Å²) in [7, 11) is 0. The van der Waals surface area contributed by atoms with E-state index in [0.29, 0.717) is 26.2 Å². The second-order valence-corrected chi connectivity index (χ2v) is 6.95. The summed E-state index contributed by atoms with van der Waals surface area (Å²) in [5.74, 6) is 0.105. The van der Waals surface area contributed by atoms with Crippen molar-refractivity contribution in [2.45, 2.75) is 12.5 Å². The van der Waals surface area contributed by atoms with E-state index in [1.54, 1.807) is 6.33 Å². The lowest BCUT2D eigenvalue weighted by molar-refractivity contribution is -0.135. The van der Waals surface area contributed by atoms with E-state index < -0.39 is 0 Å². The lowest BCUT2D eigenvalue weighted by atomic mass is 10.0. The van der Waals surface area contributed by atoms with Gasteiger partial charge in [-0.2, -0.15) is 0 Å². The molecular formula is C16H19N5O2S. The minimum Gasteiger partial charge on any atom is -0.348 e. The Hall–Kier alpha value is -2.19. The van der Waals surface area contributed by atoms with E-state index in [2.05, 4.69) is 15.3 Å². The third-order valence-electron chi connectivity index (χ3n) is 4.61. The van der Waals surface area contributed by atoms with Crippen LogP contribution in [0, 0.1) is 0 Å². The van der Waals surface area contributed by atoms with Crippen LogP contribution >= 0.6 is 11.3 Å². The second-order valence-electron chi connectivity index (χ2n) is 6.00. The summed E-state index contributed by atoms with van der Waals surface area (Å²) < 4.78 is 0. The van der Waals surface area contributed by atoms with Crippen molar-refractivity contribution in [3.63, 3.8) is 0 Å². The number of fused-ring (bicyclic) bond motifs is 1. The average Bonchev–Trinajstić information content (AvgIpc) is 3.31. The fraction of sp³-hybridized carbons (Fsp3) is 0.438. The first-order valence-corrected chi connectivity index (χ1v) is 8.99. The lowest BCUT2D eigenvalue weighted by Crippen LogP contribution is -2.53. The number of hydrogen-bond acceptors (Lipinski definition) is 5. The molecule has 24 heavy (non-hydrogen) atoms. The first kappa shape index (κ1) is 15.3. The van der Waals surface area contributed by atoms with E-state index >= 15 is 0 Å². The Balaban J connectivity index is 1.40. The molecule has 0 spiro atoms. The number of rotatable bonds is 2. The maximum absolute atomic E-state index is 12.8. The Bertz CT molecular complexity index is 733. The molecule has 2 aromatic rings. The van der Waals surface area contributed by atoms with Gasteiger partial charge in [0.25, 0.3) is 5.91 Å². The average molecular weight is 345 g/mol. The van der Waals surface area contributed by atoms with Gasteiger partial charge < -0.3 is 20.1 Å². The molecule has 4 heterocycles. The summed E-state index contributed by atoms with van der Waals surface area (Å²) in [6, 6.07) is 3.35. The Kier molecular flexibility index (Phi) is 4.07. The zero-order valence-electron chi connectivity index (χ0n) is 13.2. The molecule has 2 aliphatic heterocycles. The molecule has 1 atom stereocenters. The highest BCUT2D eigenvalue weighted by Crippen LogP contribution is 2.22. The number of carbonyl (C=O) groups is 2. The van der Waals surface area contributed by atoms with E-state index in [4.69, 9.17) is 0 Å². The molecule has 0 aliphatic carbocycles. The van der Waals surface area contributed by atoms with E-state index in [0.717, 1.165) is 29.2 Å². The van der Waals surface area contributed by atoms with Crippen LogP contribution in [0.25, 0.3) is 0 Å². The van der Waals surface area contributed by atoms with Crippen LogP contribution in [0.5, 0.6) is 0 Å². The minimum absolute atomic E-state index is 0.0475. The Morgan fingerprint density at radius 1 is 1.21 bits per heavy atom. The first-order chi connectivity index (χ1) is 11.7. The maximum Gasteiger partial charge on any atom is 0.264 e. The summed E-state index contributed by atoms with van der Waals surface area (Å²) >= 11 is 1.45. The molecule has 0 aromatic carbocycles. The van der Waals surface area contributed by atoms with E-state index in [9.17, 15) is 9.59 Å². The SMILES string of the molecule is O=C(c1cccs1)N1CCN(C(=O)[C@@H]2NCCc3[nH]cnc32)CC1. The minimum atomic E-state index is -0.375. The molecule has 2 amide bonds. The van der Waals surface area contributed by atoms with Gasteiger partial charge in [-0.3, -0.25) is 9.59 Å². The number of piperazine rings is 1.